The van der Waals surface area contributed by atoms with E-state index < -0.39 is 15.7 Å². The Hall–Kier alpha value is -3.31. The van der Waals surface area contributed by atoms with Crippen molar-refractivity contribution in [2.75, 3.05) is 19.6 Å². The molecule has 3 atom stereocenters. The van der Waals surface area contributed by atoms with Crippen molar-refractivity contribution in [2.24, 2.45) is 5.92 Å². The molecule has 244 valence electrons. The van der Waals surface area contributed by atoms with E-state index in [9.17, 15) is 23.1 Å². The molecule has 3 aromatic rings. The van der Waals surface area contributed by atoms with Crippen LogP contribution in [0.5, 0.6) is 0 Å². The minimum Gasteiger partial charge on any atom is -0.374 e. The van der Waals surface area contributed by atoms with Crippen molar-refractivity contribution >= 4 is 32.6 Å². The first kappa shape index (κ1) is 34.6. The largest absolute Gasteiger partial charge is 0.374 e. The maximum absolute atomic E-state index is 14.3. The second-order valence-corrected chi connectivity index (χ2v) is 14.5. The first-order valence-electron chi connectivity index (χ1n) is 16.1. The highest BCUT2D eigenvalue weighted by molar-refractivity contribution is 7.89. The van der Waals surface area contributed by atoms with Crippen molar-refractivity contribution in [3.8, 4) is 0 Å². The maximum atomic E-state index is 14.3. The summed E-state index contributed by atoms with van der Waals surface area (Å²) < 4.78 is 29.7. The second-order valence-electron chi connectivity index (χ2n) is 12.6. The topological polar surface area (TPSA) is 128 Å². The van der Waals surface area contributed by atoms with Crippen molar-refractivity contribution in [2.45, 2.75) is 88.4 Å². The van der Waals surface area contributed by atoms with Gasteiger partial charge in [0.15, 0.2) is 0 Å². The lowest BCUT2D eigenvalue weighted by atomic mass is 9.98. The van der Waals surface area contributed by atoms with E-state index in [0.29, 0.717) is 12.8 Å². The molecule has 1 aliphatic rings. The van der Waals surface area contributed by atoms with Crippen molar-refractivity contribution in [3.63, 3.8) is 0 Å². The maximum Gasteiger partial charge on any atom is 0.245 e. The average Bonchev–Trinajstić information content (AvgIpc) is 3.55. The number of amides is 2. The molecule has 0 aromatic heterocycles. The summed E-state index contributed by atoms with van der Waals surface area (Å²) in [6.45, 7) is 6.84. The molecule has 10 heteroatoms. The van der Waals surface area contributed by atoms with Crippen molar-refractivity contribution < 1.29 is 23.1 Å². The van der Waals surface area contributed by atoms with Crippen LogP contribution in [-0.2, 0) is 26.0 Å². The number of fused-ring (bicyclic) bond motifs is 1. The third-order valence-corrected chi connectivity index (χ3v) is 10.2. The van der Waals surface area contributed by atoms with Gasteiger partial charge < -0.3 is 21.1 Å². The van der Waals surface area contributed by atoms with Gasteiger partial charge in [-0.2, -0.15) is 4.31 Å². The van der Waals surface area contributed by atoms with E-state index in [1.54, 1.807) is 18.2 Å². The Bertz CT molecular complexity index is 1530. The molecule has 0 spiro atoms. The van der Waals surface area contributed by atoms with Gasteiger partial charge in [-0.05, 0) is 73.5 Å². The van der Waals surface area contributed by atoms with Crippen LogP contribution in [-0.4, -0.2) is 67.1 Å². The molecule has 2 amide bonds. The van der Waals surface area contributed by atoms with Gasteiger partial charge in [0.25, 0.3) is 0 Å². The van der Waals surface area contributed by atoms with Crippen LogP contribution in [0.25, 0.3) is 10.8 Å². The number of nitrogens with one attached hydrogen (secondary N) is 3. The highest BCUT2D eigenvalue weighted by Crippen LogP contribution is 2.31. The summed E-state index contributed by atoms with van der Waals surface area (Å²) in [4.78, 5) is 25.2. The molecule has 9 nitrogen and oxygen atoms in total. The van der Waals surface area contributed by atoms with E-state index >= 15 is 0 Å². The summed E-state index contributed by atoms with van der Waals surface area (Å²) in [6, 6.07) is 21.7. The highest BCUT2D eigenvalue weighted by atomic mass is 32.2. The van der Waals surface area contributed by atoms with Crippen LogP contribution in [0.2, 0.25) is 0 Å². The van der Waals surface area contributed by atoms with E-state index in [0.717, 1.165) is 35.7 Å². The molecular weight excluding hydrogens is 588 g/mol. The molecule has 4 N–H and O–H groups in total. The minimum atomic E-state index is -4.12. The van der Waals surface area contributed by atoms with Gasteiger partial charge in [0.2, 0.25) is 21.8 Å². The first-order chi connectivity index (χ1) is 21.5. The summed E-state index contributed by atoms with van der Waals surface area (Å²) in [5, 5.41) is 23.1. The number of hydrogen-bond donors (Lipinski definition) is 4. The fourth-order valence-electron chi connectivity index (χ4n) is 5.89. The Morgan fingerprint density at radius 1 is 1.02 bits per heavy atom. The van der Waals surface area contributed by atoms with Gasteiger partial charge in [0, 0.05) is 38.4 Å². The van der Waals surface area contributed by atoms with E-state index in [4.69, 9.17) is 0 Å². The van der Waals surface area contributed by atoms with Gasteiger partial charge in [-0.3, -0.25) is 9.59 Å². The molecule has 1 saturated heterocycles. The Balaban J connectivity index is 1.44. The lowest BCUT2D eigenvalue weighted by molar-refractivity contribution is -0.123. The molecule has 45 heavy (non-hydrogen) atoms. The Morgan fingerprint density at radius 3 is 2.42 bits per heavy atom. The summed E-state index contributed by atoms with van der Waals surface area (Å²) in [6.07, 6.45) is 3.44. The molecular formula is C35H48N4O5S. The Morgan fingerprint density at radius 2 is 1.73 bits per heavy atom. The molecule has 1 heterocycles. The predicted octanol–water partition coefficient (Wildman–Crippen LogP) is 4.35. The number of aliphatic hydroxyl groups is 1. The number of sulfonamides is 1. The second kappa shape index (κ2) is 15.8. The molecule has 0 bridgehead atoms. The van der Waals surface area contributed by atoms with Crippen molar-refractivity contribution in [3.05, 3.63) is 78.4 Å². The van der Waals surface area contributed by atoms with Gasteiger partial charge in [0.1, 0.15) is 5.72 Å². The van der Waals surface area contributed by atoms with Crippen molar-refractivity contribution in [1.82, 2.24) is 20.3 Å². The van der Waals surface area contributed by atoms with Gasteiger partial charge in [0.05, 0.1) is 10.9 Å². The zero-order chi connectivity index (χ0) is 32.5. The van der Waals surface area contributed by atoms with E-state index in [-0.39, 0.29) is 67.1 Å². The third-order valence-electron chi connectivity index (χ3n) is 8.29. The quantitative estimate of drug-likeness (QED) is 0.173. The zero-order valence-corrected chi connectivity index (χ0v) is 27.5. The zero-order valence-electron chi connectivity index (χ0n) is 26.7. The predicted molar refractivity (Wildman–Crippen MR) is 178 cm³/mol. The number of hydrogen-bond acceptors (Lipinski definition) is 6. The summed E-state index contributed by atoms with van der Waals surface area (Å²) in [7, 11) is -4.12. The van der Waals surface area contributed by atoms with Crippen LogP contribution >= 0.6 is 0 Å². The molecule has 1 fully saturated rings. The Kier molecular flexibility index (Phi) is 12.1. The lowest BCUT2D eigenvalue weighted by Gasteiger charge is -2.40. The first-order valence-corrected chi connectivity index (χ1v) is 17.5. The molecule has 0 radical (unpaired) electrons. The summed E-state index contributed by atoms with van der Waals surface area (Å²) in [5.41, 5.74) is -1.01. The molecule has 3 unspecified atom stereocenters. The Labute approximate surface area is 267 Å². The molecule has 0 aliphatic carbocycles. The van der Waals surface area contributed by atoms with Gasteiger partial charge in [-0.15, -0.1) is 0 Å². The van der Waals surface area contributed by atoms with E-state index in [1.807, 2.05) is 75.4 Å². The number of nitrogens with zero attached hydrogens (tertiary/aromatic N) is 1. The third kappa shape index (κ3) is 9.59. The monoisotopic (exact) mass is 636 g/mol. The summed E-state index contributed by atoms with van der Waals surface area (Å²) in [5.74, 6) is -0.239. The van der Waals surface area contributed by atoms with Crippen LogP contribution in [0.4, 0.5) is 0 Å². The molecule has 1 aliphatic heterocycles. The lowest BCUT2D eigenvalue weighted by Crippen LogP contribution is -2.55. The van der Waals surface area contributed by atoms with Crippen LogP contribution < -0.4 is 16.0 Å². The van der Waals surface area contributed by atoms with Crippen LogP contribution in [0.1, 0.15) is 64.9 Å². The number of rotatable bonds is 16. The van der Waals surface area contributed by atoms with Crippen LogP contribution in [0.3, 0.4) is 0 Å². The number of benzene rings is 3. The minimum absolute atomic E-state index is 0.00625. The fraction of sp³-hybridized carbons (Fsp3) is 0.486. The van der Waals surface area contributed by atoms with E-state index in [2.05, 4.69) is 16.0 Å². The van der Waals surface area contributed by atoms with Gasteiger partial charge >= 0.3 is 0 Å². The summed E-state index contributed by atoms with van der Waals surface area (Å²) >= 11 is 0. The molecule has 0 saturated carbocycles. The van der Waals surface area contributed by atoms with Gasteiger partial charge in [-0.25, -0.2) is 8.42 Å². The molecule has 4 rings (SSSR count). The number of carbonyl (C=O) groups is 2. The van der Waals surface area contributed by atoms with Crippen molar-refractivity contribution in [1.29, 1.82) is 0 Å². The van der Waals surface area contributed by atoms with Gasteiger partial charge in [-0.1, -0.05) is 74.5 Å². The van der Waals surface area contributed by atoms with Crippen LogP contribution in [0, 0.1) is 5.92 Å². The standard InChI is InChI=1S/C35H48N4O5S/c1-26(2)25-39(45(43,44)31-19-18-29-14-7-8-15-30(29)23-31)35(42,24-28-12-5-4-6-13-28)20-22-37-33(40)17-9-11-27(3)38-34(41)32-16-10-21-36-32/h4-8,12-15,18-19,23,26-27,32,36,42H,9-11,16-17,20-22,24-25H2,1-3H3,(H,37,40)(H,38,41). The number of carbonyl (C=O) groups excluding carboxylic acids is 2. The SMILES string of the molecule is CC(C)CN(C(O)(CCNC(=O)CCCC(C)NC(=O)C1CCCN1)Cc1ccccc1)S(=O)(=O)c1ccc2ccccc2c1. The molecule has 3 aromatic carbocycles. The normalized spacial score (nSPS) is 17.3. The van der Waals surface area contributed by atoms with E-state index in [1.165, 1.54) is 4.31 Å². The average molecular weight is 637 g/mol. The fourth-order valence-corrected chi connectivity index (χ4v) is 7.75. The smallest absolute Gasteiger partial charge is 0.245 e. The highest BCUT2D eigenvalue weighted by Gasteiger charge is 2.43. The van der Waals surface area contributed by atoms with Crippen LogP contribution in [0.15, 0.2) is 77.7 Å².